The van der Waals surface area contributed by atoms with Crippen LogP contribution in [-0.2, 0) is 16.1 Å². The Morgan fingerprint density at radius 3 is 2.40 bits per heavy atom. The van der Waals surface area contributed by atoms with E-state index in [-0.39, 0.29) is 17.9 Å². The van der Waals surface area contributed by atoms with Crippen molar-refractivity contribution in [2.45, 2.75) is 71.0 Å². The molecule has 1 fully saturated rings. The van der Waals surface area contributed by atoms with Crippen molar-refractivity contribution in [3.63, 3.8) is 0 Å². The smallest absolute Gasteiger partial charge is 0.242 e. The second-order valence-electron chi connectivity index (χ2n) is 6.74. The molecule has 1 aromatic rings. The number of hydrogen-bond donors (Lipinski definition) is 1. The predicted octanol–water partition coefficient (Wildman–Crippen LogP) is 3.27. The molecule has 0 unspecified atom stereocenters. The monoisotopic (exact) mass is 346 g/mol. The van der Waals surface area contributed by atoms with Gasteiger partial charge in [0.25, 0.3) is 0 Å². The summed E-state index contributed by atoms with van der Waals surface area (Å²) in [4.78, 5) is 26.7. The van der Waals surface area contributed by atoms with Crippen LogP contribution in [-0.4, -0.2) is 35.9 Å². The molecule has 0 radical (unpaired) electrons. The molecule has 25 heavy (non-hydrogen) atoms. The van der Waals surface area contributed by atoms with Gasteiger partial charge in [0.1, 0.15) is 11.8 Å². The summed E-state index contributed by atoms with van der Waals surface area (Å²) >= 11 is 0. The molecule has 5 heteroatoms. The van der Waals surface area contributed by atoms with Crippen LogP contribution in [0, 0.1) is 0 Å². The molecule has 2 amide bonds. The van der Waals surface area contributed by atoms with Gasteiger partial charge < -0.3 is 15.0 Å². The van der Waals surface area contributed by atoms with Gasteiger partial charge in [-0.15, -0.1) is 0 Å². The predicted molar refractivity (Wildman–Crippen MR) is 98.3 cm³/mol. The highest BCUT2D eigenvalue weighted by Crippen LogP contribution is 2.19. The fraction of sp³-hybridized carbons (Fsp3) is 0.600. The van der Waals surface area contributed by atoms with Gasteiger partial charge in [0.15, 0.2) is 0 Å². The summed E-state index contributed by atoms with van der Waals surface area (Å²) < 4.78 is 5.17. The highest BCUT2D eigenvalue weighted by Gasteiger charge is 2.27. The molecule has 0 aromatic heterocycles. The molecule has 5 nitrogen and oxygen atoms in total. The van der Waals surface area contributed by atoms with Crippen molar-refractivity contribution in [3.05, 3.63) is 29.8 Å². The first-order chi connectivity index (χ1) is 12.0. The topological polar surface area (TPSA) is 58.6 Å². The summed E-state index contributed by atoms with van der Waals surface area (Å²) in [6, 6.07) is 7.38. The first-order valence-corrected chi connectivity index (χ1v) is 9.28. The van der Waals surface area contributed by atoms with Gasteiger partial charge in [-0.3, -0.25) is 9.59 Å². The van der Waals surface area contributed by atoms with E-state index in [4.69, 9.17) is 4.74 Å². The Labute approximate surface area is 150 Å². The van der Waals surface area contributed by atoms with Crippen molar-refractivity contribution in [1.82, 2.24) is 10.2 Å². The lowest BCUT2D eigenvalue weighted by Crippen LogP contribution is -2.50. The number of amides is 2. The number of rotatable bonds is 7. The maximum absolute atomic E-state index is 12.6. The standard InChI is InChI=1S/C20H30N2O3/c1-4-19(23)22(14-16-10-12-18(25-3)13-11-16)15(2)20(24)21-17-8-6-5-7-9-17/h10-13,15,17H,4-9,14H2,1-3H3,(H,21,24)/t15-/m1/s1. The molecule has 0 heterocycles. The van der Waals surface area contributed by atoms with Crippen LogP contribution in [0.2, 0.25) is 0 Å². The van der Waals surface area contributed by atoms with Gasteiger partial charge in [-0.2, -0.15) is 0 Å². The van der Waals surface area contributed by atoms with Crippen LogP contribution in [0.5, 0.6) is 5.75 Å². The van der Waals surface area contributed by atoms with Crippen LogP contribution in [0.4, 0.5) is 0 Å². The van der Waals surface area contributed by atoms with Crippen LogP contribution < -0.4 is 10.1 Å². The average Bonchev–Trinajstić information content (AvgIpc) is 2.66. The second kappa shape index (κ2) is 9.44. The normalized spacial score (nSPS) is 16.1. The van der Waals surface area contributed by atoms with Crippen molar-refractivity contribution in [1.29, 1.82) is 0 Å². The van der Waals surface area contributed by atoms with Crippen molar-refractivity contribution >= 4 is 11.8 Å². The summed E-state index contributed by atoms with van der Waals surface area (Å²) in [6.45, 7) is 4.07. The van der Waals surface area contributed by atoms with E-state index in [0.29, 0.717) is 13.0 Å². The first kappa shape index (κ1) is 19.3. The fourth-order valence-electron chi connectivity index (χ4n) is 3.28. The number of methoxy groups -OCH3 is 1. The minimum Gasteiger partial charge on any atom is -0.497 e. The van der Waals surface area contributed by atoms with Crippen LogP contribution in [0.15, 0.2) is 24.3 Å². The lowest BCUT2D eigenvalue weighted by atomic mass is 9.95. The van der Waals surface area contributed by atoms with E-state index in [9.17, 15) is 9.59 Å². The maximum atomic E-state index is 12.6. The Bertz CT molecular complexity index is 565. The fourth-order valence-corrected chi connectivity index (χ4v) is 3.28. The molecule has 1 atom stereocenters. The zero-order valence-electron chi connectivity index (χ0n) is 15.6. The number of benzene rings is 1. The van der Waals surface area contributed by atoms with Gasteiger partial charge in [-0.1, -0.05) is 38.3 Å². The third kappa shape index (κ3) is 5.48. The van der Waals surface area contributed by atoms with Crippen molar-refractivity contribution in [2.75, 3.05) is 7.11 Å². The van der Waals surface area contributed by atoms with E-state index >= 15 is 0 Å². The molecule has 138 valence electrons. The Morgan fingerprint density at radius 2 is 1.84 bits per heavy atom. The minimum absolute atomic E-state index is 0.0119. The molecule has 0 spiro atoms. The van der Waals surface area contributed by atoms with E-state index in [1.807, 2.05) is 38.1 Å². The number of ether oxygens (including phenoxy) is 1. The summed E-state index contributed by atoms with van der Waals surface area (Å²) in [5, 5.41) is 3.13. The lowest BCUT2D eigenvalue weighted by Gasteiger charge is -2.31. The van der Waals surface area contributed by atoms with Gasteiger partial charge in [-0.05, 0) is 37.5 Å². The van der Waals surface area contributed by atoms with E-state index in [1.54, 1.807) is 12.0 Å². The molecular formula is C20H30N2O3. The zero-order valence-corrected chi connectivity index (χ0v) is 15.6. The molecular weight excluding hydrogens is 316 g/mol. The first-order valence-electron chi connectivity index (χ1n) is 9.28. The van der Waals surface area contributed by atoms with Gasteiger partial charge in [0.2, 0.25) is 11.8 Å². The zero-order chi connectivity index (χ0) is 18.2. The van der Waals surface area contributed by atoms with Gasteiger partial charge in [-0.25, -0.2) is 0 Å². The average molecular weight is 346 g/mol. The quantitative estimate of drug-likeness (QED) is 0.824. The van der Waals surface area contributed by atoms with E-state index in [2.05, 4.69) is 5.32 Å². The SMILES string of the molecule is CCC(=O)N(Cc1ccc(OC)cc1)[C@H](C)C(=O)NC1CCCCC1. The Hall–Kier alpha value is -2.04. The van der Waals surface area contributed by atoms with Crippen molar-refractivity contribution in [3.8, 4) is 5.75 Å². The van der Waals surface area contributed by atoms with Crippen LogP contribution >= 0.6 is 0 Å². The molecule has 1 saturated carbocycles. The van der Waals surface area contributed by atoms with Crippen LogP contribution in [0.25, 0.3) is 0 Å². The minimum atomic E-state index is -0.475. The molecule has 1 aliphatic carbocycles. The number of hydrogen-bond acceptors (Lipinski definition) is 3. The molecule has 0 bridgehead atoms. The highest BCUT2D eigenvalue weighted by atomic mass is 16.5. The third-order valence-electron chi connectivity index (χ3n) is 4.93. The van der Waals surface area contributed by atoms with Crippen molar-refractivity contribution < 1.29 is 14.3 Å². The molecule has 0 saturated heterocycles. The summed E-state index contributed by atoms with van der Waals surface area (Å²) in [5.74, 6) is 0.713. The molecule has 1 N–H and O–H groups in total. The van der Waals surface area contributed by atoms with E-state index in [0.717, 1.165) is 24.2 Å². The third-order valence-corrected chi connectivity index (χ3v) is 4.93. The molecule has 1 aliphatic rings. The lowest BCUT2D eigenvalue weighted by molar-refractivity contribution is -0.140. The maximum Gasteiger partial charge on any atom is 0.242 e. The Balaban J connectivity index is 2.03. The molecule has 0 aliphatic heterocycles. The van der Waals surface area contributed by atoms with Crippen molar-refractivity contribution in [2.24, 2.45) is 0 Å². The Kier molecular flexibility index (Phi) is 7.29. The summed E-state index contributed by atoms with van der Waals surface area (Å²) in [5.41, 5.74) is 0.986. The number of nitrogens with one attached hydrogen (secondary N) is 1. The highest BCUT2D eigenvalue weighted by molar-refractivity contribution is 5.87. The summed E-state index contributed by atoms with van der Waals surface area (Å²) in [6.07, 6.45) is 6.06. The van der Waals surface area contributed by atoms with E-state index < -0.39 is 6.04 Å². The van der Waals surface area contributed by atoms with Crippen LogP contribution in [0.3, 0.4) is 0 Å². The largest absolute Gasteiger partial charge is 0.497 e. The number of nitrogens with zero attached hydrogens (tertiary/aromatic N) is 1. The number of carbonyl (C=O) groups is 2. The van der Waals surface area contributed by atoms with Gasteiger partial charge >= 0.3 is 0 Å². The van der Waals surface area contributed by atoms with Gasteiger partial charge in [0, 0.05) is 19.0 Å². The Morgan fingerprint density at radius 1 is 1.20 bits per heavy atom. The number of carbonyl (C=O) groups excluding carboxylic acids is 2. The van der Waals surface area contributed by atoms with Crippen LogP contribution in [0.1, 0.15) is 57.9 Å². The second-order valence-corrected chi connectivity index (χ2v) is 6.74. The molecule has 2 rings (SSSR count). The van der Waals surface area contributed by atoms with Gasteiger partial charge in [0.05, 0.1) is 7.11 Å². The van der Waals surface area contributed by atoms with E-state index in [1.165, 1.54) is 19.3 Å². The summed E-state index contributed by atoms with van der Waals surface area (Å²) in [7, 11) is 1.62. The molecule has 1 aromatic carbocycles.